The lowest BCUT2D eigenvalue weighted by Gasteiger charge is -2.19. The summed E-state index contributed by atoms with van der Waals surface area (Å²) >= 11 is 7.78. The van der Waals surface area contributed by atoms with Gasteiger partial charge in [-0.1, -0.05) is 23.7 Å². The molecule has 3 aromatic rings. The number of carbonyl (C=O) groups is 2. The topological polar surface area (TPSA) is 89.3 Å². The molecule has 0 unspecified atom stereocenters. The van der Waals surface area contributed by atoms with Crippen LogP contribution in [0.15, 0.2) is 58.8 Å². The van der Waals surface area contributed by atoms with Crippen molar-refractivity contribution in [3.63, 3.8) is 0 Å². The molecule has 1 aliphatic rings. The minimum Gasteiger partial charge on any atom is -0.495 e. The van der Waals surface area contributed by atoms with Crippen LogP contribution in [0.5, 0.6) is 5.75 Å². The van der Waals surface area contributed by atoms with Gasteiger partial charge in [-0.25, -0.2) is 0 Å². The molecular weight excluding hydrogens is 438 g/mol. The number of halogens is 1. The smallest absolute Gasteiger partial charge is 0.229 e. The maximum atomic E-state index is 12.8. The largest absolute Gasteiger partial charge is 0.495 e. The van der Waals surface area contributed by atoms with Crippen molar-refractivity contribution >= 4 is 46.6 Å². The van der Waals surface area contributed by atoms with Gasteiger partial charge in [0.2, 0.25) is 11.8 Å². The Morgan fingerprint density at radius 3 is 2.81 bits per heavy atom. The molecule has 31 heavy (non-hydrogen) atoms. The summed E-state index contributed by atoms with van der Waals surface area (Å²) in [5, 5.41) is 11.9. The van der Waals surface area contributed by atoms with Gasteiger partial charge in [0.05, 0.1) is 23.7 Å². The minimum atomic E-state index is -0.469. The third-order valence-corrected chi connectivity index (χ3v) is 6.50. The van der Waals surface area contributed by atoms with Crippen LogP contribution < -0.4 is 15.0 Å². The SMILES string of the molecule is COc1ccccc1N1C[C@@H](C(=O)Nc2ccc(Sc3nncn3C)c(Cl)c2)CC1=O. The molecule has 10 heteroatoms. The molecule has 160 valence electrons. The quantitative estimate of drug-likeness (QED) is 0.608. The lowest BCUT2D eigenvalue weighted by atomic mass is 10.1. The summed E-state index contributed by atoms with van der Waals surface area (Å²) in [6, 6.07) is 12.6. The fourth-order valence-corrected chi connectivity index (χ4v) is 4.40. The average molecular weight is 458 g/mol. The van der Waals surface area contributed by atoms with Crippen LogP contribution in [0.4, 0.5) is 11.4 Å². The number of carbonyl (C=O) groups excluding carboxylic acids is 2. The number of para-hydroxylation sites is 2. The number of nitrogens with zero attached hydrogens (tertiary/aromatic N) is 4. The number of aromatic nitrogens is 3. The Morgan fingerprint density at radius 1 is 1.29 bits per heavy atom. The van der Waals surface area contributed by atoms with Crippen LogP contribution >= 0.6 is 23.4 Å². The standard InChI is InChI=1S/C21H20ClN5O3S/c1-26-12-23-25-21(26)31-18-8-7-14(10-15(18)22)24-20(29)13-9-19(28)27(11-13)16-5-3-4-6-17(16)30-2/h3-8,10,12-13H,9,11H2,1-2H3,(H,24,29)/t13-/m0/s1. The molecule has 1 aliphatic heterocycles. The molecule has 2 heterocycles. The molecule has 1 aromatic heterocycles. The highest BCUT2D eigenvalue weighted by Crippen LogP contribution is 2.35. The van der Waals surface area contributed by atoms with E-state index in [0.29, 0.717) is 33.8 Å². The van der Waals surface area contributed by atoms with Gasteiger partial charge in [0.15, 0.2) is 5.16 Å². The fraction of sp³-hybridized carbons (Fsp3) is 0.238. The van der Waals surface area contributed by atoms with Crippen LogP contribution in [0.3, 0.4) is 0 Å². The first-order valence-electron chi connectivity index (χ1n) is 9.52. The van der Waals surface area contributed by atoms with Crippen molar-refractivity contribution in [1.82, 2.24) is 14.8 Å². The van der Waals surface area contributed by atoms with Crippen molar-refractivity contribution in [2.45, 2.75) is 16.5 Å². The van der Waals surface area contributed by atoms with Gasteiger partial charge in [-0.3, -0.25) is 9.59 Å². The van der Waals surface area contributed by atoms with Crippen molar-refractivity contribution < 1.29 is 14.3 Å². The molecule has 0 bridgehead atoms. The van der Waals surface area contributed by atoms with Gasteiger partial charge in [-0.15, -0.1) is 10.2 Å². The summed E-state index contributed by atoms with van der Waals surface area (Å²) < 4.78 is 7.14. The van der Waals surface area contributed by atoms with Gasteiger partial charge in [0.1, 0.15) is 12.1 Å². The highest BCUT2D eigenvalue weighted by Gasteiger charge is 2.36. The summed E-state index contributed by atoms with van der Waals surface area (Å²) in [5.74, 6) is -0.211. The molecule has 0 aliphatic carbocycles. The van der Waals surface area contributed by atoms with E-state index in [1.54, 1.807) is 41.1 Å². The van der Waals surface area contributed by atoms with Crippen molar-refractivity contribution in [2.24, 2.45) is 13.0 Å². The minimum absolute atomic E-state index is 0.113. The second kappa shape index (κ2) is 8.99. The first-order valence-corrected chi connectivity index (χ1v) is 10.7. The summed E-state index contributed by atoms with van der Waals surface area (Å²) in [6.45, 7) is 0.291. The first-order chi connectivity index (χ1) is 15.0. The molecule has 2 amide bonds. The van der Waals surface area contributed by atoms with Crippen molar-refractivity contribution in [3.05, 3.63) is 53.8 Å². The molecule has 2 aromatic carbocycles. The van der Waals surface area contributed by atoms with Crippen LogP contribution in [0, 0.1) is 5.92 Å². The highest BCUT2D eigenvalue weighted by atomic mass is 35.5. The number of rotatable bonds is 6. The fourth-order valence-electron chi connectivity index (χ4n) is 3.34. The molecule has 0 radical (unpaired) electrons. The van der Waals surface area contributed by atoms with E-state index in [2.05, 4.69) is 15.5 Å². The van der Waals surface area contributed by atoms with E-state index in [9.17, 15) is 9.59 Å². The number of ether oxygens (including phenoxy) is 1. The Balaban J connectivity index is 1.43. The van der Waals surface area contributed by atoms with E-state index >= 15 is 0 Å². The maximum Gasteiger partial charge on any atom is 0.229 e. The predicted octanol–water partition coefficient (Wildman–Crippen LogP) is 3.62. The summed E-state index contributed by atoms with van der Waals surface area (Å²) in [5.41, 5.74) is 1.24. The molecule has 8 nitrogen and oxygen atoms in total. The van der Waals surface area contributed by atoms with Crippen LogP contribution in [0.2, 0.25) is 5.02 Å². The van der Waals surface area contributed by atoms with Gasteiger partial charge in [0.25, 0.3) is 0 Å². The van der Waals surface area contributed by atoms with E-state index in [-0.39, 0.29) is 18.2 Å². The molecule has 4 rings (SSSR count). The van der Waals surface area contributed by atoms with Crippen LogP contribution in [-0.2, 0) is 16.6 Å². The Hall–Kier alpha value is -3.04. The zero-order valence-corrected chi connectivity index (χ0v) is 18.5. The maximum absolute atomic E-state index is 12.8. The van der Waals surface area contributed by atoms with E-state index in [4.69, 9.17) is 16.3 Å². The second-order valence-electron chi connectivity index (χ2n) is 7.04. The van der Waals surface area contributed by atoms with Gasteiger partial charge < -0.3 is 19.5 Å². The van der Waals surface area contributed by atoms with Crippen molar-refractivity contribution in [1.29, 1.82) is 0 Å². The van der Waals surface area contributed by atoms with Crippen LogP contribution in [0.1, 0.15) is 6.42 Å². The zero-order chi connectivity index (χ0) is 22.0. The Morgan fingerprint density at radius 2 is 2.10 bits per heavy atom. The number of anilines is 2. The molecule has 0 spiro atoms. The molecule has 1 atom stereocenters. The van der Waals surface area contributed by atoms with Gasteiger partial charge in [0, 0.05) is 30.6 Å². The van der Waals surface area contributed by atoms with E-state index < -0.39 is 5.92 Å². The Bertz CT molecular complexity index is 1140. The third kappa shape index (κ3) is 4.52. The number of benzene rings is 2. The van der Waals surface area contributed by atoms with Crippen molar-refractivity contribution in [3.8, 4) is 5.75 Å². The number of amides is 2. The predicted molar refractivity (Wildman–Crippen MR) is 119 cm³/mol. The molecule has 1 saturated heterocycles. The van der Waals surface area contributed by atoms with E-state index in [0.717, 1.165) is 4.90 Å². The van der Waals surface area contributed by atoms with Crippen LogP contribution in [-0.4, -0.2) is 40.2 Å². The number of aryl methyl sites for hydroxylation is 1. The molecule has 1 N–H and O–H groups in total. The average Bonchev–Trinajstić information content (AvgIpc) is 3.35. The normalized spacial score (nSPS) is 15.9. The summed E-state index contributed by atoms with van der Waals surface area (Å²) in [4.78, 5) is 27.7. The van der Waals surface area contributed by atoms with E-state index in [1.807, 2.05) is 31.3 Å². The number of methoxy groups -OCH3 is 1. The second-order valence-corrected chi connectivity index (χ2v) is 8.45. The van der Waals surface area contributed by atoms with E-state index in [1.165, 1.54) is 11.8 Å². The van der Waals surface area contributed by atoms with Gasteiger partial charge in [-0.05, 0) is 42.1 Å². The highest BCUT2D eigenvalue weighted by molar-refractivity contribution is 7.99. The van der Waals surface area contributed by atoms with Gasteiger partial charge in [-0.2, -0.15) is 0 Å². The van der Waals surface area contributed by atoms with Gasteiger partial charge >= 0.3 is 0 Å². The van der Waals surface area contributed by atoms with Crippen molar-refractivity contribution in [2.75, 3.05) is 23.9 Å². The lowest BCUT2D eigenvalue weighted by Crippen LogP contribution is -2.28. The monoisotopic (exact) mass is 457 g/mol. The summed E-state index contributed by atoms with van der Waals surface area (Å²) in [7, 11) is 3.40. The number of hydrogen-bond acceptors (Lipinski definition) is 6. The Kier molecular flexibility index (Phi) is 6.15. The zero-order valence-electron chi connectivity index (χ0n) is 16.9. The summed E-state index contributed by atoms with van der Waals surface area (Å²) in [6.07, 6.45) is 1.75. The molecule has 0 saturated carbocycles. The Labute approximate surface area is 188 Å². The first kappa shape index (κ1) is 21.2. The lowest BCUT2D eigenvalue weighted by molar-refractivity contribution is -0.122. The molecular formula is C21H20ClN5O3S. The number of nitrogens with one attached hydrogen (secondary N) is 1. The van der Waals surface area contributed by atoms with Crippen LogP contribution in [0.25, 0.3) is 0 Å². The number of hydrogen-bond donors (Lipinski definition) is 1. The molecule has 1 fully saturated rings. The third-order valence-electron chi connectivity index (χ3n) is 4.94.